The van der Waals surface area contributed by atoms with E-state index >= 15 is 0 Å². The molecule has 3 aliphatic heterocycles. The van der Waals surface area contributed by atoms with Crippen molar-refractivity contribution >= 4 is 63.7 Å². The topological polar surface area (TPSA) is 69.9 Å². The van der Waals surface area contributed by atoms with E-state index in [0.29, 0.717) is 11.5 Å². The van der Waals surface area contributed by atoms with Crippen LogP contribution in [0, 0.1) is 0 Å². The number of amides is 2. The zero-order valence-corrected chi connectivity index (χ0v) is 31.2. The number of fused-ring (bicyclic) bond motifs is 6. The molecule has 54 heavy (non-hydrogen) atoms. The number of carbonyl (C=O) groups is 3. The van der Waals surface area contributed by atoms with Crippen LogP contribution in [-0.2, 0) is 30.1 Å². The van der Waals surface area contributed by atoms with E-state index in [0.717, 1.165) is 19.4 Å². The number of carbonyl (C=O) groups excluding carboxylic acids is 3. The van der Waals surface area contributed by atoms with E-state index in [2.05, 4.69) is 135 Å². The average molecular weight is 742 g/mol. The Morgan fingerprint density at radius 3 is 2.00 bits per heavy atom. The van der Waals surface area contributed by atoms with Crippen molar-refractivity contribution in [2.75, 3.05) is 18.5 Å². The van der Waals surface area contributed by atoms with Gasteiger partial charge >= 0.3 is 13.2 Å². The largest absolute Gasteiger partial charge is 0.673 e. The van der Waals surface area contributed by atoms with E-state index in [1.807, 2.05) is 0 Å². The van der Waals surface area contributed by atoms with Crippen molar-refractivity contribution in [3.8, 4) is 0 Å². The van der Waals surface area contributed by atoms with Crippen LogP contribution in [0.4, 0.5) is 28.6 Å². The van der Waals surface area contributed by atoms with E-state index < -0.39 is 25.0 Å². The molecule has 4 aromatic carbocycles. The molecular weight excluding hydrogens is 697 g/mol. The molecule has 0 unspecified atom stereocenters. The first kappa shape index (κ1) is 38.5. The maximum atomic E-state index is 12.4. The summed E-state index contributed by atoms with van der Waals surface area (Å²) in [5.74, 6) is -1.44. The van der Waals surface area contributed by atoms with E-state index in [-0.39, 0.29) is 30.1 Å². The summed E-state index contributed by atoms with van der Waals surface area (Å²) in [6, 6.07) is 26.2. The maximum Gasteiger partial charge on any atom is 0.673 e. The molecule has 0 radical (unpaired) electrons. The number of imide groups is 1. The molecule has 2 amide bonds. The smallest absolute Gasteiger partial charge is 0.418 e. The third-order valence-corrected chi connectivity index (χ3v) is 10.6. The summed E-state index contributed by atoms with van der Waals surface area (Å²) in [5.41, 5.74) is 7.26. The summed E-state index contributed by atoms with van der Waals surface area (Å²) in [6.45, 7) is 10.1. The molecular formula is C42H44BF4N3O4. The molecule has 0 saturated carbocycles. The van der Waals surface area contributed by atoms with Gasteiger partial charge in [-0.25, -0.2) is 4.79 Å². The van der Waals surface area contributed by atoms with Crippen molar-refractivity contribution in [2.45, 2.75) is 77.0 Å². The number of hydroxylamine groups is 2. The van der Waals surface area contributed by atoms with Crippen LogP contribution in [-0.4, -0.2) is 54.0 Å². The Hall–Kier alpha value is -5.26. The van der Waals surface area contributed by atoms with Crippen LogP contribution >= 0.6 is 0 Å². The molecule has 7 nitrogen and oxygen atoms in total. The Bertz CT molecular complexity index is 2220. The first-order chi connectivity index (χ1) is 25.5. The van der Waals surface area contributed by atoms with Crippen molar-refractivity contribution in [1.29, 1.82) is 0 Å². The number of allylic oxidation sites excluding steroid dienone is 4. The molecule has 1 fully saturated rings. The van der Waals surface area contributed by atoms with Gasteiger partial charge in [0.1, 0.15) is 7.05 Å². The molecule has 4 aromatic rings. The van der Waals surface area contributed by atoms with Crippen LogP contribution in [0.1, 0.15) is 77.3 Å². The fourth-order valence-corrected chi connectivity index (χ4v) is 8.22. The third-order valence-electron chi connectivity index (χ3n) is 10.6. The molecule has 282 valence electrons. The molecule has 12 heteroatoms. The zero-order valence-electron chi connectivity index (χ0n) is 31.2. The third kappa shape index (κ3) is 7.56. The first-order valence-corrected chi connectivity index (χ1v) is 18.3. The second-order valence-electron chi connectivity index (χ2n) is 15.0. The summed E-state index contributed by atoms with van der Waals surface area (Å²) >= 11 is 0. The van der Waals surface area contributed by atoms with Gasteiger partial charge in [0.05, 0.1) is 5.41 Å². The van der Waals surface area contributed by atoms with Crippen LogP contribution in [0.3, 0.4) is 0 Å². The van der Waals surface area contributed by atoms with Crippen LogP contribution in [0.15, 0.2) is 96.7 Å². The van der Waals surface area contributed by atoms with Crippen molar-refractivity contribution < 1.29 is 41.1 Å². The molecule has 0 spiro atoms. The minimum Gasteiger partial charge on any atom is -0.418 e. The number of unbranched alkanes of at least 4 members (excludes halogenated alkanes) is 2. The molecule has 7 rings (SSSR count). The SMILES string of the molecule is C[N+]1=C(/C=C/C=C2/N(CCCCCC(=O)ON3C(=O)CCC3=O)c3ccc4ccccc4c3C2(C)C)C(C)(C)c2c1ccc1ccccc21.F[B-](F)(F)F. The Morgan fingerprint density at radius 1 is 0.796 bits per heavy atom. The number of rotatable bonds is 9. The summed E-state index contributed by atoms with van der Waals surface area (Å²) in [5, 5.41) is 5.69. The van der Waals surface area contributed by atoms with E-state index in [1.54, 1.807) is 0 Å². The molecule has 0 atom stereocenters. The molecule has 3 heterocycles. The van der Waals surface area contributed by atoms with Crippen molar-refractivity contribution in [2.24, 2.45) is 0 Å². The van der Waals surface area contributed by atoms with Gasteiger partial charge in [0.2, 0.25) is 5.69 Å². The normalized spacial score (nSPS) is 18.2. The van der Waals surface area contributed by atoms with Gasteiger partial charge in [0, 0.05) is 60.3 Å². The molecule has 0 aliphatic carbocycles. The van der Waals surface area contributed by atoms with Crippen molar-refractivity contribution in [3.05, 3.63) is 108 Å². The van der Waals surface area contributed by atoms with Crippen LogP contribution in [0.25, 0.3) is 21.5 Å². The van der Waals surface area contributed by atoms with Crippen molar-refractivity contribution in [1.82, 2.24) is 5.06 Å². The van der Waals surface area contributed by atoms with Gasteiger partial charge in [-0.15, -0.1) is 5.06 Å². The lowest BCUT2D eigenvalue weighted by molar-refractivity contribution is -0.401. The minimum absolute atomic E-state index is 0.0960. The number of nitrogens with zero attached hydrogens (tertiary/aromatic N) is 3. The highest BCUT2D eigenvalue weighted by Gasteiger charge is 2.45. The summed E-state index contributed by atoms with van der Waals surface area (Å²) < 4.78 is 41.3. The Kier molecular flexibility index (Phi) is 10.6. The summed E-state index contributed by atoms with van der Waals surface area (Å²) in [6.07, 6.45) is 9.43. The number of halogens is 4. The van der Waals surface area contributed by atoms with E-state index in [1.165, 1.54) is 55.5 Å². The Morgan fingerprint density at radius 2 is 1.37 bits per heavy atom. The molecule has 3 aliphatic rings. The van der Waals surface area contributed by atoms with Crippen LogP contribution in [0.5, 0.6) is 0 Å². The van der Waals surface area contributed by atoms with Gasteiger partial charge in [-0.2, -0.15) is 4.58 Å². The monoisotopic (exact) mass is 741 g/mol. The second-order valence-corrected chi connectivity index (χ2v) is 15.0. The molecule has 0 aromatic heterocycles. The predicted molar refractivity (Wildman–Crippen MR) is 205 cm³/mol. The number of hydrogen-bond donors (Lipinski definition) is 0. The van der Waals surface area contributed by atoms with Gasteiger partial charge in [-0.05, 0) is 72.0 Å². The minimum atomic E-state index is -6.00. The van der Waals surface area contributed by atoms with E-state index in [4.69, 9.17) is 4.84 Å². The lowest BCUT2D eigenvalue weighted by Crippen LogP contribution is -2.32. The average Bonchev–Trinajstić information content (AvgIpc) is 3.62. The Labute approximate surface area is 312 Å². The summed E-state index contributed by atoms with van der Waals surface area (Å²) in [4.78, 5) is 43.5. The predicted octanol–water partition coefficient (Wildman–Crippen LogP) is 9.70. The quantitative estimate of drug-likeness (QED) is 0.0562. The van der Waals surface area contributed by atoms with E-state index in [9.17, 15) is 31.6 Å². The number of benzene rings is 4. The fourth-order valence-electron chi connectivity index (χ4n) is 8.22. The van der Waals surface area contributed by atoms with Crippen LogP contribution in [0.2, 0.25) is 0 Å². The van der Waals surface area contributed by atoms with Crippen molar-refractivity contribution in [3.63, 3.8) is 0 Å². The highest BCUT2D eigenvalue weighted by atomic mass is 19.5. The lowest BCUT2D eigenvalue weighted by atomic mass is 9.79. The van der Waals surface area contributed by atoms with Gasteiger partial charge in [-0.3, -0.25) is 9.59 Å². The number of anilines is 1. The van der Waals surface area contributed by atoms with Gasteiger partial charge in [0.25, 0.3) is 11.8 Å². The molecule has 0 N–H and O–H groups in total. The standard InChI is InChI=1S/C42H44N3O4.BF4/c1-41(2)34(43(5)32-23-21-28-14-8-10-16-30(28)39(32)41)18-13-19-35-42(3,4)40-31-17-11-9-15-29(31)22-24-33(40)44(35)27-12-6-7-20-38(48)49-45-36(46)25-26-37(45)47;2-1(3,4)5/h8-11,13-19,21-24H,6-7,12,20,25-27H2,1-5H3;/q+1;-1. The Balaban J connectivity index is 0.000000934. The van der Waals surface area contributed by atoms with Gasteiger partial charge < -0.3 is 27.0 Å². The highest BCUT2D eigenvalue weighted by molar-refractivity contribution is 6.50. The molecule has 1 saturated heterocycles. The number of hydrogen-bond acceptors (Lipinski definition) is 5. The maximum absolute atomic E-state index is 12.4. The van der Waals surface area contributed by atoms with Gasteiger partial charge in [0.15, 0.2) is 5.71 Å². The van der Waals surface area contributed by atoms with Crippen LogP contribution < -0.4 is 4.90 Å². The zero-order chi connectivity index (χ0) is 39.0. The van der Waals surface area contributed by atoms with Gasteiger partial charge in [-0.1, -0.05) is 80.9 Å². The lowest BCUT2D eigenvalue weighted by Gasteiger charge is -2.27. The highest BCUT2D eigenvalue weighted by Crippen LogP contribution is 2.51. The fraction of sp³-hybridized carbons (Fsp3) is 0.333. The second kappa shape index (κ2) is 14.9. The summed E-state index contributed by atoms with van der Waals surface area (Å²) in [7, 11) is -3.83. The first-order valence-electron chi connectivity index (χ1n) is 18.3. The molecule has 0 bridgehead atoms.